The lowest BCUT2D eigenvalue weighted by molar-refractivity contribution is 0.304. The van der Waals surface area contributed by atoms with E-state index in [1.165, 1.54) is 6.07 Å². The first-order chi connectivity index (χ1) is 16.5. The third-order valence-corrected chi connectivity index (χ3v) is 8.13. The van der Waals surface area contributed by atoms with Crippen molar-refractivity contribution in [1.82, 2.24) is 0 Å². The molecule has 2 saturated carbocycles. The topological polar surface area (TPSA) is 9.23 Å². The van der Waals surface area contributed by atoms with Crippen molar-refractivity contribution in [2.75, 3.05) is 6.61 Å². The molecule has 4 rings (SSSR count). The first kappa shape index (κ1) is 24.9. The van der Waals surface area contributed by atoms with Gasteiger partial charge in [-0.3, -0.25) is 0 Å². The molecule has 0 radical (unpaired) electrons. The van der Waals surface area contributed by atoms with Crippen LogP contribution in [-0.2, 0) is 6.42 Å². The summed E-state index contributed by atoms with van der Waals surface area (Å²) in [6.45, 7) is 6.27. The molecular formula is C30H37F3O. The van der Waals surface area contributed by atoms with Crippen LogP contribution >= 0.6 is 0 Å². The van der Waals surface area contributed by atoms with Crippen molar-refractivity contribution in [3.8, 4) is 5.75 Å². The maximum atomic E-state index is 14.9. The molecule has 2 aliphatic rings. The van der Waals surface area contributed by atoms with E-state index in [2.05, 4.69) is 6.58 Å². The summed E-state index contributed by atoms with van der Waals surface area (Å²) in [5.74, 6) is 0.382. The molecule has 1 nitrogen and oxygen atoms in total. The maximum absolute atomic E-state index is 14.9. The van der Waals surface area contributed by atoms with Crippen LogP contribution in [0.2, 0.25) is 0 Å². The highest BCUT2D eigenvalue weighted by Crippen LogP contribution is 2.40. The van der Waals surface area contributed by atoms with Crippen LogP contribution in [0.25, 0.3) is 0 Å². The van der Waals surface area contributed by atoms with Crippen LogP contribution in [-0.4, -0.2) is 6.61 Å². The SMILES string of the molecule is C=CC1CCC(c2ccc(CCC3CCC(c4ccc(OCC)cc4F)CC3)c(F)c2F)CC1. The van der Waals surface area contributed by atoms with Gasteiger partial charge in [-0.05, 0) is 118 Å². The second-order valence-electron chi connectivity index (χ2n) is 10.2. The highest BCUT2D eigenvalue weighted by molar-refractivity contribution is 5.32. The van der Waals surface area contributed by atoms with Crippen molar-refractivity contribution in [2.24, 2.45) is 11.8 Å². The monoisotopic (exact) mass is 470 g/mol. The van der Waals surface area contributed by atoms with Crippen molar-refractivity contribution >= 4 is 0 Å². The summed E-state index contributed by atoms with van der Waals surface area (Å²) < 4.78 is 49.7. The molecule has 0 spiro atoms. The summed E-state index contributed by atoms with van der Waals surface area (Å²) in [7, 11) is 0. The van der Waals surface area contributed by atoms with Crippen LogP contribution in [0.5, 0.6) is 5.75 Å². The summed E-state index contributed by atoms with van der Waals surface area (Å²) in [6, 6.07) is 8.80. The van der Waals surface area contributed by atoms with Gasteiger partial charge in [-0.25, -0.2) is 13.2 Å². The Morgan fingerprint density at radius 2 is 1.50 bits per heavy atom. The Bertz CT molecular complexity index is 969. The largest absolute Gasteiger partial charge is 0.494 e. The number of benzene rings is 2. The molecule has 2 aromatic rings. The van der Waals surface area contributed by atoms with Crippen molar-refractivity contribution < 1.29 is 17.9 Å². The second kappa shape index (κ2) is 11.5. The van der Waals surface area contributed by atoms with Crippen molar-refractivity contribution in [2.45, 2.75) is 83.0 Å². The maximum Gasteiger partial charge on any atom is 0.162 e. The van der Waals surface area contributed by atoms with Crippen molar-refractivity contribution in [3.05, 3.63) is 77.1 Å². The normalized spacial score (nSPS) is 25.2. The molecule has 0 heterocycles. The van der Waals surface area contributed by atoms with Crippen LogP contribution in [0.4, 0.5) is 13.2 Å². The third kappa shape index (κ3) is 5.70. The second-order valence-corrected chi connectivity index (χ2v) is 10.2. The molecule has 0 amide bonds. The predicted molar refractivity (Wildman–Crippen MR) is 132 cm³/mol. The van der Waals surface area contributed by atoms with Crippen LogP contribution < -0.4 is 4.74 Å². The van der Waals surface area contributed by atoms with E-state index in [1.54, 1.807) is 6.07 Å². The van der Waals surface area contributed by atoms with Crippen LogP contribution in [0.1, 0.15) is 93.2 Å². The fourth-order valence-corrected chi connectivity index (χ4v) is 6.00. The lowest BCUT2D eigenvalue weighted by Crippen LogP contribution is -2.16. The number of hydrogen-bond donors (Lipinski definition) is 0. The summed E-state index contributed by atoms with van der Waals surface area (Å²) in [5.41, 5.74) is 1.80. The average molecular weight is 471 g/mol. The lowest BCUT2D eigenvalue weighted by Gasteiger charge is -2.29. The fourth-order valence-electron chi connectivity index (χ4n) is 6.00. The summed E-state index contributed by atoms with van der Waals surface area (Å²) in [5, 5.41) is 0. The highest BCUT2D eigenvalue weighted by Gasteiger charge is 2.27. The standard InChI is InChI=1S/C30H37F3O/c1-3-20-5-10-23(11-6-20)27-17-15-24(29(32)30(27)33)14-9-21-7-12-22(13-8-21)26-18-16-25(34-4-2)19-28(26)31/h3,15-23H,1,4-14H2,2H3. The van der Waals surface area contributed by atoms with Gasteiger partial charge in [-0.1, -0.05) is 24.3 Å². The molecule has 0 aromatic heterocycles. The van der Waals surface area contributed by atoms with E-state index in [0.717, 1.165) is 63.4 Å². The zero-order valence-electron chi connectivity index (χ0n) is 20.3. The van der Waals surface area contributed by atoms with Gasteiger partial charge in [0, 0.05) is 6.07 Å². The molecule has 0 aliphatic heterocycles. The number of aryl methyl sites for hydroxylation is 1. The van der Waals surface area contributed by atoms with Gasteiger partial charge in [-0.15, -0.1) is 6.58 Å². The Hall–Kier alpha value is -2.23. The minimum Gasteiger partial charge on any atom is -0.494 e. The van der Waals surface area contributed by atoms with Crippen LogP contribution in [0, 0.1) is 29.3 Å². The number of allylic oxidation sites excluding steroid dienone is 1. The average Bonchev–Trinajstić information content (AvgIpc) is 2.86. The zero-order chi connectivity index (χ0) is 24.1. The quantitative estimate of drug-likeness (QED) is 0.350. The Morgan fingerprint density at radius 1 is 0.853 bits per heavy atom. The molecule has 2 fully saturated rings. The van der Waals surface area contributed by atoms with Gasteiger partial charge in [0.05, 0.1) is 6.61 Å². The molecular weight excluding hydrogens is 433 g/mol. The van der Waals surface area contributed by atoms with Gasteiger partial charge in [0.2, 0.25) is 0 Å². The molecule has 2 aromatic carbocycles. The number of rotatable bonds is 8. The van der Waals surface area contributed by atoms with Crippen molar-refractivity contribution in [3.63, 3.8) is 0 Å². The van der Waals surface area contributed by atoms with E-state index in [4.69, 9.17) is 4.74 Å². The predicted octanol–water partition coefficient (Wildman–Crippen LogP) is 8.87. The summed E-state index contributed by atoms with van der Waals surface area (Å²) >= 11 is 0. The van der Waals surface area contributed by atoms with Gasteiger partial charge in [0.1, 0.15) is 11.6 Å². The number of hydrogen-bond acceptors (Lipinski definition) is 1. The number of halogens is 3. The van der Waals surface area contributed by atoms with E-state index in [-0.39, 0.29) is 17.7 Å². The first-order valence-corrected chi connectivity index (χ1v) is 13.0. The zero-order valence-corrected chi connectivity index (χ0v) is 20.3. The van der Waals surface area contributed by atoms with Crippen molar-refractivity contribution in [1.29, 1.82) is 0 Å². The minimum absolute atomic E-state index is 0.109. The first-order valence-electron chi connectivity index (χ1n) is 13.0. The molecule has 2 aliphatic carbocycles. The molecule has 184 valence electrons. The lowest BCUT2D eigenvalue weighted by atomic mass is 9.76. The number of ether oxygens (including phenoxy) is 1. The highest BCUT2D eigenvalue weighted by atomic mass is 19.2. The molecule has 0 N–H and O–H groups in total. The molecule has 34 heavy (non-hydrogen) atoms. The van der Waals surface area contributed by atoms with Gasteiger partial charge >= 0.3 is 0 Å². The fraction of sp³-hybridized carbons (Fsp3) is 0.533. The van der Waals surface area contributed by atoms with Gasteiger partial charge in [0.25, 0.3) is 0 Å². The Balaban J connectivity index is 1.30. The Morgan fingerprint density at radius 3 is 2.15 bits per heavy atom. The van der Waals surface area contributed by atoms with Gasteiger partial charge < -0.3 is 4.74 Å². The van der Waals surface area contributed by atoms with E-state index >= 15 is 0 Å². The summed E-state index contributed by atoms with van der Waals surface area (Å²) in [6.07, 6.45) is 11.0. The van der Waals surface area contributed by atoms with Crippen LogP contribution in [0.3, 0.4) is 0 Å². The molecule has 0 saturated heterocycles. The Kier molecular flexibility index (Phi) is 8.39. The smallest absolute Gasteiger partial charge is 0.162 e. The van der Waals surface area contributed by atoms with Gasteiger partial charge in [0.15, 0.2) is 11.6 Å². The van der Waals surface area contributed by atoms with E-state index in [9.17, 15) is 13.2 Å². The third-order valence-electron chi connectivity index (χ3n) is 8.13. The van der Waals surface area contributed by atoms with E-state index in [0.29, 0.717) is 41.7 Å². The van der Waals surface area contributed by atoms with Crippen LogP contribution in [0.15, 0.2) is 43.0 Å². The molecule has 0 unspecified atom stereocenters. The molecule has 0 bridgehead atoms. The molecule has 4 heteroatoms. The van der Waals surface area contributed by atoms with E-state index < -0.39 is 11.6 Å². The van der Waals surface area contributed by atoms with E-state index in [1.807, 2.05) is 31.2 Å². The molecule has 0 atom stereocenters. The summed E-state index contributed by atoms with van der Waals surface area (Å²) in [4.78, 5) is 0. The Labute approximate surface area is 202 Å². The van der Waals surface area contributed by atoms with Gasteiger partial charge in [-0.2, -0.15) is 0 Å². The minimum atomic E-state index is -0.659.